The van der Waals surface area contributed by atoms with Crippen LogP contribution in [0.15, 0.2) is 18.2 Å². The minimum atomic E-state index is -0.318. The van der Waals surface area contributed by atoms with Crippen LogP contribution in [0.4, 0.5) is 4.39 Å². The van der Waals surface area contributed by atoms with E-state index in [1.807, 2.05) is 0 Å². The van der Waals surface area contributed by atoms with E-state index in [9.17, 15) is 4.39 Å². The van der Waals surface area contributed by atoms with Crippen molar-refractivity contribution in [2.45, 2.75) is 51.7 Å². The van der Waals surface area contributed by atoms with Gasteiger partial charge in [-0.3, -0.25) is 0 Å². The van der Waals surface area contributed by atoms with Gasteiger partial charge in [0.15, 0.2) is 0 Å². The van der Waals surface area contributed by atoms with E-state index in [0.29, 0.717) is 17.0 Å². The summed E-state index contributed by atoms with van der Waals surface area (Å²) in [5.41, 5.74) is 0.348. The fourth-order valence-corrected chi connectivity index (χ4v) is 2.42. The summed E-state index contributed by atoms with van der Waals surface area (Å²) in [4.78, 5) is 0. The molecule has 0 heterocycles. The van der Waals surface area contributed by atoms with E-state index in [4.69, 9.17) is 16.3 Å². The molecule has 0 saturated carbocycles. The first-order valence-electron chi connectivity index (χ1n) is 7.19. The maximum absolute atomic E-state index is 14.0. The van der Waals surface area contributed by atoms with Gasteiger partial charge in [0.25, 0.3) is 0 Å². The highest BCUT2D eigenvalue weighted by Crippen LogP contribution is 2.24. The Morgan fingerprint density at radius 3 is 2.60 bits per heavy atom. The molecule has 2 unspecified atom stereocenters. The lowest BCUT2D eigenvalue weighted by Crippen LogP contribution is -2.51. The quantitative estimate of drug-likeness (QED) is 0.777. The number of halogens is 2. The largest absolute Gasteiger partial charge is 0.377 e. The molecular weight excluding hydrogens is 277 g/mol. The van der Waals surface area contributed by atoms with Crippen molar-refractivity contribution in [1.82, 2.24) is 5.32 Å². The van der Waals surface area contributed by atoms with E-state index >= 15 is 0 Å². The number of rotatable bonds is 8. The smallest absolute Gasteiger partial charge is 0.127 e. The molecule has 0 fully saturated rings. The van der Waals surface area contributed by atoms with Crippen molar-refractivity contribution in [3.8, 4) is 0 Å². The van der Waals surface area contributed by atoms with Crippen molar-refractivity contribution >= 4 is 11.6 Å². The minimum Gasteiger partial charge on any atom is -0.377 e. The first kappa shape index (κ1) is 17.4. The molecule has 114 valence electrons. The van der Waals surface area contributed by atoms with E-state index in [-0.39, 0.29) is 17.5 Å². The molecule has 0 amide bonds. The highest BCUT2D eigenvalue weighted by molar-refractivity contribution is 6.30. The Bertz CT molecular complexity index is 421. The van der Waals surface area contributed by atoms with Crippen LogP contribution in [-0.2, 0) is 11.2 Å². The highest BCUT2D eigenvalue weighted by atomic mass is 35.5. The first-order chi connectivity index (χ1) is 9.46. The Hall–Kier alpha value is -0.640. The van der Waals surface area contributed by atoms with Gasteiger partial charge in [0.05, 0.1) is 5.60 Å². The molecule has 4 heteroatoms. The van der Waals surface area contributed by atoms with E-state index in [1.54, 1.807) is 19.2 Å². The van der Waals surface area contributed by atoms with Gasteiger partial charge in [-0.05, 0) is 50.4 Å². The van der Waals surface area contributed by atoms with Crippen LogP contribution < -0.4 is 5.32 Å². The second kappa shape index (κ2) is 7.96. The summed E-state index contributed by atoms with van der Waals surface area (Å²) >= 11 is 5.80. The van der Waals surface area contributed by atoms with Gasteiger partial charge in [0.2, 0.25) is 0 Å². The number of methoxy groups -OCH3 is 1. The second-order valence-electron chi connectivity index (χ2n) is 5.32. The summed E-state index contributed by atoms with van der Waals surface area (Å²) in [7, 11) is 1.71. The minimum absolute atomic E-state index is 0.0631. The summed E-state index contributed by atoms with van der Waals surface area (Å²) in [5.74, 6) is -0.254. The van der Waals surface area contributed by atoms with Crippen molar-refractivity contribution in [3.63, 3.8) is 0 Å². The van der Waals surface area contributed by atoms with Crippen LogP contribution in [0.1, 0.15) is 39.2 Å². The molecule has 1 rings (SSSR count). The summed E-state index contributed by atoms with van der Waals surface area (Å²) in [6.07, 6.45) is 2.48. The fourth-order valence-electron chi connectivity index (χ4n) is 2.26. The molecule has 0 aromatic heterocycles. The number of hydrogen-bond acceptors (Lipinski definition) is 2. The van der Waals surface area contributed by atoms with Gasteiger partial charge in [0.1, 0.15) is 5.82 Å². The Kier molecular flexibility index (Phi) is 6.93. The number of nitrogens with one attached hydrogen (secondary N) is 1. The maximum Gasteiger partial charge on any atom is 0.127 e. The van der Waals surface area contributed by atoms with Crippen LogP contribution >= 0.6 is 11.6 Å². The molecule has 0 aliphatic carbocycles. The zero-order chi connectivity index (χ0) is 15.2. The predicted octanol–water partition coefficient (Wildman–Crippen LogP) is 4.20. The first-order valence-corrected chi connectivity index (χ1v) is 7.57. The van der Waals surface area contributed by atoms with Gasteiger partial charge in [0, 0.05) is 18.2 Å². The SMILES string of the molecule is CCCNC(Cc1ccc(Cl)cc1F)C(C)(CC)OC. The van der Waals surface area contributed by atoms with Crippen LogP contribution in [-0.4, -0.2) is 25.3 Å². The molecule has 0 spiro atoms. The Balaban J connectivity index is 2.94. The molecule has 1 N–H and O–H groups in total. The molecule has 2 nitrogen and oxygen atoms in total. The summed E-state index contributed by atoms with van der Waals surface area (Å²) in [6, 6.07) is 4.91. The lowest BCUT2D eigenvalue weighted by Gasteiger charge is -2.36. The van der Waals surface area contributed by atoms with Crippen LogP contribution in [0.2, 0.25) is 5.02 Å². The lowest BCUT2D eigenvalue weighted by atomic mass is 9.88. The van der Waals surface area contributed by atoms with Gasteiger partial charge in [-0.2, -0.15) is 0 Å². The maximum atomic E-state index is 14.0. The summed E-state index contributed by atoms with van der Waals surface area (Å²) in [5, 5.41) is 3.90. The Morgan fingerprint density at radius 1 is 1.40 bits per heavy atom. The molecule has 20 heavy (non-hydrogen) atoms. The topological polar surface area (TPSA) is 21.3 Å². The summed E-state index contributed by atoms with van der Waals surface area (Å²) < 4.78 is 19.6. The Labute approximate surface area is 126 Å². The predicted molar refractivity (Wildman–Crippen MR) is 82.9 cm³/mol. The van der Waals surface area contributed by atoms with Crippen LogP contribution in [0.3, 0.4) is 0 Å². The third kappa shape index (κ3) is 4.44. The standard InChI is InChI=1S/C16H25ClFNO/c1-5-9-19-15(16(3,6-2)20-4)10-12-7-8-13(17)11-14(12)18/h7-8,11,15,19H,5-6,9-10H2,1-4H3. The van der Waals surface area contributed by atoms with Crippen LogP contribution in [0.25, 0.3) is 0 Å². The van der Waals surface area contributed by atoms with Crippen molar-refractivity contribution < 1.29 is 9.13 Å². The van der Waals surface area contributed by atoms with Crippen LogP contribution in [0.5, 0.6) is 0 Å². The van der Waals surface area contributed by atoms with Crippen molar-refractivity contribution in [1.29, 1.82) is 0 Å². The molecule has 1 aromatic rings. The molecule has 0 radical (unpaired) electrons. The summed E-state index contributed by atoms with van der Waals surface area (Å²) in [6.45, 7) is 7.15. The second-order valence-corrected chi connectivity index (χ2v) is 5.75. The normalized spacial score (nSPS) is 15.9. The lowest BCUT2D eigenvalue weighted by molar-refractivity contribution is -0.0288. The fraction of sp³-hybridized carbons (Fsp3) is 0.625. The van der Waals surface area contributed by atoms with Crippen molar-refractivity contribution in [2.75, 3.05) is 13.7 Å². The number of hydrogen-bond donors (Lipinski definition) is 1. The molecule has 0 aliphatic heterocycles. The third-order valence-electron chi connectivity index (χ3n) is 3.99. The molecule has 0 bridgehead atoms. The van der Waals surface area contributed by atoms with Gasteiger partial charge in [-0.1, -0.05) is 31.5 Å². The van der Waals surface area contributed by atoms with E-state index in [1.165, 1.54) is 6.07 Å². The van der Waals surface area contributed by atoms with Gasteiger partial charge in [-0.15, -0.1) is 0 Å². The highest BCUT2D eigenvalue weighted by Gasteiger charge is 2.32. The average Bonchev–Trinajstić information content (AvgIpc) is 2.44. The van der Waals surface area contributed by atoms with Gasteiger partial charge < -0.3 is 10.1 Å². The van der Waals surface area contributed by atoms with Crippen LogP contribution in [0, 0.1) is 5.82 Å². The third-order valence-corrected chi connectivity index (χ3v) is 4.22. The monoisotopic (exact) mass is 301 g/mol. The number of benzene rings is 1. The van der Waals surface area contributed by atoms with Crippen molar-refractivity contribution in [3.05, 3.63) is 34.6 Å². The molecule has 0 aliphatic rings. The van der Waals surface area contributed by atoms with Gasteiger partial charge in [-0.25, -0.2) is 4.39 Å². The van der Waals surface area contributed by atoms with Crippen molar-refractivity contribution in [2.24, 2.45) is 0 Å². The number of ether oxygens (including phenoxy) is 1. The molecular formula is C16H25ClFNO. The average molecular weight is 302 g/mol. The van der Waals surface area contributed by atoms with E-state index in [2.05, 4.69) is 26.1 Å². The zero-order valence-electron chi connectivity index (χ0n) is 12.8. The van der Waals surface area contributed by atoms with E-state index in [0.717, 1.165) is 19.4 Å². The molecule has 1 aromatic carbocycles. The Morgan fingerprint density at radius 2 is 2.10 bits per heavy atom. The molecule has 0 saturated heterocycles. The van der Waals surface area contributed by atoms with Gasteiger partial charge >= 0.3 is 0 Å². The zero-order valence-corrected chi connectivity index (χ0v) is 13.6. The molecule has 2 atom stereocenters. The van der Waals surface area contributed by atoms with E-state index < -0.39 is 0 Å².